The number of carbonyl (C=O) groups excluding carboxylic acids is 1. The van der Waals surface area contributed by atoms with E-state index < -0.39 is 11.9 Å². The maximum Gasteiger partial charge on any atom is 0.226 e. The van der Waals surface area contributed by atoms with Crippen molar-refractivity contribution in [2.75, 3.05) is 6.54 Å². The number of amides is 1. The van der Waals surface area contributed by atoms with Gasteiger partial charge in [0.1, 0.15) is 5.82 Å². The molecular formula is C21H24FNO2. The lowest BCUT2D eigenvalue weighted by atomic mass is 9.95. The van der Waals surface area contributed by atoms with Crippen LogP contribution in [0, 0.1) is 19.7 Å². The second-order valence-electron chi connectivity index (χ2n) is 6.81. The first-order chi connectivity index (χ1) is 12.0. The van der Waals surface area contributed by atoms with Crippen molar-refractivity contribution in [2.45, 2.75) is 45.3 Å². The lowest BCUT2D eigenvalue weighted by Gasteiger charge is -2.28. The van der Waals surface area contributed by atoms with Gasteiger partial charge in [0.25, 0.3) is 0 Å². The van der Waals surface area contributed by atoms with Crippen LogP contribution in [0.5, 0.6) is 0 Å². The largest absolute Gasteiger partial charge is 0.388 e. The molecular weight excluding hydrogens is 317 g/mol. The van der Waals surface area contributed by atoms with E-state index in [1.54, 1.807) is 12.1 Å². The first-order valence-corrected chi connectivity index (χ1v) is 8.76. The van der Waals surface area contributed by atoms with Crippen molar-refractivity contribution in [3.05, 3.63) is 70.5 Å². The Kier molecular flexibility index (Phi) is 5.19. The number of hydrogen-bond donors (Lipinski definition) is 1. The van der Waals surface area contributed by atoms with Crippen LogP contribution in [0.15, 0.2) is 42.5 Å². The van der Waals surface area contributed by atoms with Crippen LogP contribution in [-0.4, -0.2) is 22.5 Å². The molecule has 2 unspecified atom stereocenters. The number of hydrogen-bond acceptors (Lipinski definition) is 2. The lowest BCUT2D eigenvalue weighted by molar-refractivity contribution is -0.134. The topological polar surface area (TPSA) is 40.5 Å². The summed E-state index contributed by atoms with van der Waals surface area (Å²) >= 11 is 0. The molecule has 0 aliphatic carbocycles. The van der Waals surface area contributed by atoms with E-state index in [-0.39, 0.29) is 18.4 Å². The molecule has 132 valence electrons. The van der Waals surface area contributed by atoms with Crippen molar-refractivity contribution < 1.29 is 14.3 Å². The molecule has 1 N–H and O–H groups in total. The van der Waals surface area contributed by atoms with Gasteiger partial charge in [-0.05, 0) is 61.1 Å². The first kappa shape index (κ1) is 17.6. The molecule has 0 aromatic heterocycles. The number of rotatable bonds is 4. The maximum atomic E-state index is 13.3. The Balaban J connectivity index is 1.76. The molecule has 2 atom stereocenters. The molecule has 1 aliphatic heterocycles. The third-order valence-corrected chi connectivity index (χ3v) is 5.18. The second-order valence-corrected chi connectivity index (χ2v) is 6.81. The first-order valence-electron chi connectivity index (χ1n) is 8.76. The number of aliphatic hydroxyl groups excluding tert-OH is 1. The third kappa shape index (κ3) is 3.74. The van der Waals surface area contributed by atoms with Crippen molar-refractivity contribution >= 4 is 5.91 Å². The summed E-state index contributed by atoms with van der Waals surface area (Å²) < 4.78 is 13.3. The van der Waals surface area contributed by atoms with Crippen LogP contribution < -0.4 is 0 Å². The molecule has 0 bridgehead atoms. The van der Waals surface area contributed by atoms with Gasteiger partial charge in [0, 0.05) is 6.54 Å². The molecule has 0 spiro atoms. The summed E-state index contributed by atoms with van der Waals surface area (Å²) in [6, 6.07) is 12.1. The van der Waals surface area contributed by atoms with Crippen LogP contribution in [-0.2, 0) is 4.79 Å². The quantitative estimate of drug-likeness (QED) is 0.904. The average Bonchev–Trinajstić information content (AvgIpc) is 3.07. The van der Waals surface area contributed by atoms with Crippen molar-refractivity contribution in [1.29, 1.82) is 0 Å². The molecule has 2 aromatic carbocycles. The molecule has 2 aromatic rings. The van der Waals surface area contributed by atoms with E-state index in [9.17, 15) is 14.3 Å². The fraction of sp³-hybridized carbons (Fsp3) is 0.381. The fourth-order valence-electron chi connectivity index (χ4n) is 3.64. The second kappa shape index (κ2) is 7.36. The summed E-state index contributed by atoms with van der Waals surface area (Å²) in [5, 5.41) is 10.3. The zero-order valence-electron chi connectivity index (χ0n) is 14.7. The SMILES string of the molecule is Cc1cccc(C2CCCN2C(=O)CC(O)c2cccc(F)c2)c1C. The van der Waals surface area contributed by atoms with E-state index in [1.165, 1.54) is 28.8 Å². The highest BCUT2D eigenvalue weighted by atomic mass is 19.1. The standard InChI is InChI=1S/C21H24FNO2/c1-14-6-3-9-18(15(14)2)19-10-5-11-23(19)21(25)13-20(24)16-7-4-8-17(22)12-16/h3-4,6-9,12,19-20,24H,5,10-11,13H2,1-2H3. The van der Waals surface area contributed by atoms with Gasteiger partial charge < -0.3 is 10.0 Å². The summed E-state index contributed by atoms with van der Waals surface area (Å²) in [5.74, 6) is -0.487. The Hall–Kier alpha value is -2.20. The molecule has 4 heteroatoms. The number of likely N-dealkylation sites (tertiary alicyclic amines) is 1. The van der Waals surface area contributed by atoms with Crippen LogP contribution in [0.2, 0.25) is 0 Å². The van der Waals surface area contributed by atoms with E-state index in [4.69, 9.17) is 0 Å². The molecule has 25 heavy (non-hydrogen) atoms. The summed E-state index contributed by atoms with van der Waals surface area (Å²) in [7, 11) is 0. The summed E-state index contributed by atoms with van der Waals surface area (Å²) in [4.78, 5) is 14.6. The molecule has 1 fully saturated rings. The van der Waals surface area contributed by atoms with Crippen LogP contribution in [0.1, 0.15) is 53.7 Å². The molecule has 1 saturated heterocycles. The Morgan fingerprint density at radius 3 is 2.80 bits per heavy atom. The van der Waals surface area contributed by atoms with Gasteiger partial charge in [-0.3, -0.25) is 4.79 Å². The van der Waals surface area contributed by atoms with Gasteiger partial charge in [0.05, 0.1) is 18.6 Å². The van der Waals surface area contributed by atoms with Gasteiger partial charge in [-0.25, -0.2) is 4.39 Å². The molecule has 1 amide bonds. The fourth-order valence-corrected chi connectivity index (χ4v) is 3.64. The molecule has 1 heterocycles. The Morgan fingerprint density at radius 2 is 2.04 bits per heavy atom. The minimum absolute atomic E-state index is 0.0230. The highest BCUT2D eigenvalue weighted by molar-refractivity contribution is 5.78. The number of nitrogens with zero attached hydrogens (tertiary/aromatic N) is 1. The molecule has 3 rings (SSSR count). The Bertz CT molecular complexity index is 774. The molecule has 3 nitrogen and oxygen atoms in total. The predicted molar refractivity (Wildman–Crippen MR) is 95.6 cm³/mol. The molecule has 0 radical (unpaired) electrons. The summed E-state index contributed by atoms with van der Waals surface area (Å²) in [6.07, 6.45) is 0.889. The van der Waals surface area contributed by atoms with Crippen molar-refractivity contribution in [3.63, 3.8) is 0 Å². The maximum absolute atomic E-state index is 13.3. The predicted octanol–water partition coefficient (Wildman–Crippen LogP) is 4.23. The number of aliphatic hydroxyl groups is 1. The third-order valence-electron chi connectivity index (χ3n) is 5.18. The van der Waals surface area contributed by atoms with Crippen molar-refractivity contribution in [1.82, 2.24) is 4.90 Å². The average molecular weight is 341 g/mol. The summed E-state index contributed by atoms with van der Waals surface area (Å²) in [5.41, 5.74) is 4.07. The molecule has 1 aliphatic rings. The number of halogens is 1. The van der Waals surface area contributed by atoms with Gasteiger partial charge in [-0.1, -0.05) is 30.3 Å². The Labute approximate surface area is 148 Å². The highest BCUT2D eigenvalue weighted by Gasteiger charge is 2.32. The Morgan fingerprint density at radius 1 is 1.28 bits per heavy atom. The van der Waals surface area contributed by atoms with E-state index in [0.29, 0.717) is 12.1 Å². The van der Waals surface area contributed by atoms with Crippen LogP contribution in [0.4, 0.5) is 4.39 Å². The lowest BCUT2D eigenvalue weighted by Crippen LogP contribution is -2.32. The highest BCUT2D eigenvalue weighted by Crippen LogP contribution is 2.35. The van der Waals surface area contributed by atoms with E-state index in [2.05, 4.69) is 26.0 Å². The van der Waals surface area contributed by atoms with Crippen LogP contribution >= 0.6 is 0 Å². The zero-order chi connectivity index (χ0) is 18.0. The van der Waals surface area contributed by atoms with Crippen molar-refractivity contribution in [2.24, 2.45) is 0 Å². The smallest absolute Gasteiger partial charge is 0.226 e. The van der Waals surface area contributed by atoms with Gasteiger partial charge in [-0.2, -0.15) is 0 Å². The van der Waals surface area contributed by atoms with Crippen molar-refractivity contribution in [3.8, 4) is 0 Å². The van der Waals surface area contributed by atoms with Gasteiger partial charge >= 0.3 is 0 Å². The van der Waals surface area contributed by atoms with Gasteiger partial charge in [-0.15, -0.1) is 0 Å². The summed E-state index contributed by atoms with van der Waals surface area (Å²) in [6.45, 7) is 4.87. The van der Waals surface area contributed by atoms with E-state index >= 15 is 0 Å². The minimum atomic E-state index is -0.983. The monoisotopic (exact) mass is 341 g/mol. The van der Waals surface area contributed by atoms with Crippen LogP contribution in [0.3, 0.4) is 0 Å². The number of carbonyl (C=O) groups is 1. The van der Waals surface area contributed by atoms with E-state index in [1.807, 2.05) is 11.0 Å². The molecule has 0 saturated carbocycles. The minimum Gasteiger partial charge on any atom is -0.388 e. The van der Waals surface area contributed by atoms with E-state index in [0.717, 1.165) is 12.8 Å². The van der Waals surface area contributed by atoms with Gasteiger partial charge in [0.2, 0.25) is 5.91 Å². The van der Waals surface area contributed by atoms with Gasteiger partial charge in [0.15, 0.2) is 0 Å². The zero-order valence-corrected chi connectivity index (χ0v) is 14.7. The normalized spacial score (nSPS) is 18.4. The number of benzene rings is 2. The van der Waals surface area contributed by atoms with Crippen LogP contribution in [0.25, 0.3) is 0 Å². The number of aryl methyl sites for hydroxylation is 1.